The second-order valence-electron chi connectivity index (χ2n) is 8.16. The van der Waals surface area contributed by atoms with E-state index in [-0.39, 0.29) is 25.6 Å². The molecule has 0 spiro atoms. The van der Waals surface area contributed by atoms with Crippen LogP contribution in [-0.4, -0.2) is 75.1 Å². The number of pyridine rings is 1. The molecule has 1 atom stereocenters. The predicted molar refractivity (Wildman–Crippen MR) is 131 cm³/mol. The van der Waals surface area contributed by atoms with Crippen molar-refractivity contribution in [2.24, 2.45) is 0 Å². The summed E-state index contributed by atoms with van der Waals surface area (Å²) in [6, 6.07) is 10.5. The fraction of sp³-hybridized carbons (Fsp3) is 0.500. The molecule has 1 aromatic heterocycles. The van der Waals surface area contributed by atoms with Gasteiger partial charge in [-0.05, 0) is 49.4 Å². The van der Waals surface area contributed by atoms with Gasteiger partial charge in [-0.25, -0.2) is 4.79 Å². The topological polar surface area (TPSA) is 137 Å². The number of aromatic nitrogens is 1. The van der Waals surface area contributed by atoms with Crippen molar-refractivity contribution in [1.29, 1.82) is 0 Å². The van der Waals surface area contributed by atoms with Crippen molar-refractivity contribution in [2.45, 2.75) is 38.3 Å². The van der Waals surface area contributed by atoms with Gasteiger partial charge < -0.3 is 24.1 Å². The van der Waals surface area contributed by atoms with Gasteiger partial charge in [-0.2, -0.15) is 17.4 Å². The minimum absolute atomic E-state index is 0.0220. The Morgan fingerprint density at radius 3 is 2.81 bits per heavy atom. The minimum Gasteiger partial charge on any atom is -0.491 e. The molecule has 3 rings (SSSR count). The number of carboxylic acid groups (broad SMARTS) is 1. The van der Waals surface area contributed by atoms with E-state index in [1.54, 1.807) is 37.4 Å². The maximum atomic E-state index is 12.6. The fourth-order valence-electron chi connectivity index (χ4n) is 3.64. The Labute approximate surface area is 211 Å². The summed E-state index contributed by atoms with van der Waals surface area (Å²) in [4.78, 5) is 15.8. The van der Waals surface area contributed by atoms with Crippen LogP contribution in [0.4, 0.5) is 4.79 Å². The highest BCUT2D eigenvalue weighted by molar-refractivity contribution is 7.87. The number of carbonyl (C=O) groups is 1. The molecule has 2 aromatic rings. The van der Waals surface area contributed by atoms with E-state index < -0.39 is 16.3 Å². The zero-order valence-electron chi connectivity index (χ0n) is 20.3. The van der Waals surface area contributed by atoms with Crippen LogP contribution in [0.5, 0.6) is 11.5 Å². The molecule has 0 aliphatic carbocycles. The fourth-order valence-corrected chi connectivity index (χ4v) is 4.71. The van der Waals surface area contributed by atoms with Crippen molar-refractivity contribution >= 4 is 16.3 Å². The molecule has 0 saturated carbocycles. The predicted octanol–water partition coefficient (Wildman–Crippen LogP) is 2.61. The third kappa shape index (κ3) is 8.63. The van der Waals surface area contributed by atoms with E-state index >= 15 is 0 Å². The van der Waals surface area contributed by atoms with E-state index in [0.717, 1.165) is 25.0 Å². The molecule has 2 heterocycles. The number of hydrogen-bond donors (Lipinski definition) is 2. The lowest BCUT2D eigenvalue weighted by Crippen LogP contribution is -2.44. The number of amides is 1. The molecule has 2 N–H and O–H groups in total. The van der Waals surface area contributed by atoms with Gasteiger partial charge in [-0.15, -0.1) is 0 Å². The first-order valence-electron chi connectivity index (χ1n) is 11.8. The zero-order chi connectivity index (χ0) is 25.8. The van der Waals surface area contributed by atoms with Crippen LogP contribution in [0.3, 0.4) is 0 Å². The van der Waals surface area contributed by atoms with Crippen LogP contribution in [0.15, 0.2) is 42.6 Å². The summed E-state index contributed by atoms with van der Waals surface area (Å²) in [5.74, 6) is 1.21. The Kier molecular flexibility index (Phi) is 10.7. The van der Waals surface area contributed by atoms with Crippen molar-refractivity contribution in [3.05, 3.63) is 53.9 Å². The summed E-state index contributed by atoms with van der Waals surface area (Å²) in [6.45, 7) is 1.61. The number of rotatable bonds is 15. The Hall–Kier alpha value is -2.93. The SMILES string of the molecule is COCCOc1ccc(CCCN(C(=O)O)S(=O)(=O)NCc2ccccn2)c(OCC2CCCO2)c1. The summed E-state index contributed by atoms with van der Waals surface area (Å²) in [5, 5.41) is 9.53. The monoisotopic (exact) mass is 523 g/mol. The Balaban J connectivity index is 1.62. The van der Waals surface area contributed by atoms with Gasteiger partial charge in [0.2, 0.25) is 0 Å². The first kappa shape index (κ1) is 27.7. The van der Waals surface area contributed by atoms with Gasteiger partial charge in [-0.1, -0.05) is 12.1 Å². The molecule has 1 saturated heterocycles. The van der Waals surface area contributed by atoms with Gasteiger partial charge in [0.15, 0.2) is 0 Å². The number of methoxy groups -OCH3 is 1. The van der Waals surface area contributed by atoms with Crippen molar-refractivity contribution in [3.8, 4) is 11.5 Å². The molecule has 1 amide bonds. The lowest BCUT2D eigenvalue weighted by molar-refractivity contribution is 0.0674. The molecule has 0 radical (unpaired) electrons. The smallest absolute Gasteiger partial charge is 0.422 e. The zero-order valence-corrected chi connectivity index (χ0v) is 21.1. The molecule has 12 heteroatoms. The minimum atomic E-state index is -4.26. The highest BCUT2D eigenvalue weighted by Crippen LogP contribution is 2.27. The van der Waals surface area contributed by atoms with Crippen LogP contribution in [-0.2, 0) is 32.6 Å². The number of nitrogens with one attached hydrogen (secondary N) is 1. The molecule has 11 nitrogen and oxygen atoms in total. The quantitative estimate of drug-likeness (QED) is 0.338. The van der Waals surface area contributed by atoms with Crippen LogP contribution in [0, 0.1) is 0 Å². The summed E-state index contributed by atoms with van der Waals surface area (Å²) in [7, 11) is -2.67. The van der Waals surface area contributed by atoms with Crippen molar-refractivity contribution in [2.75, 3.05) is 40.1 Å². The third-order valence-corrected chi connectivity index (χ3v) is 6.94. The maximum Gasteiger partial charge on any atom is 0.422 e. The van der Waals surface area contributed by atoms with Crippen LogP contribution >= 0.6 is 0 Å². The number of ether oxygens (including phenoxy) is 4. The Morgan fingerprint density at radius 1 is 1.25 bits per heavy atom. The molecule has 1 unspecified atom stereocenters. The first-order valence-corrected chi connectivity index (χ1v) is 13.2. The van der Waals surface area contributed by atoms with Crippen LogP contribution in [0.25, 0.3) is 0 Å². The van der Waals surface area contributed by atoms with E-state index in [0.29, 0.717) is 47.7 Å². The number of nitrogens with zero attached hydrogens (tertiary/aromatic N) is 2. The lowest BCUT2D eigenvalue weighted by Gasteiger charge is -2.20. The van der Waals surface area contributed by atoms with E-state index in [9.17, 15) is 18.3 Å². The third-order valence-electron chi connectivity index (χ3n) is 5.52. The average molecular weight is 524 g/mol. The van der Waals surface area contributed by atoms with Gasteiger partial charge in [0.05, 0.1) is 24.9 Å². The van der Waals surface area contributed by atoms with Crippen LogP contribution in [0.2, 0.25) is 0 Å². The molecular weight excluding hydrogens is 490 g/mol. The Bertz CT molecular complexity index is 1060. The van der Waals surface area contributed by atoms with Gasteiger partial charge in [0, 0.05) is 32.5 Å². The number of benzene rings is 1. The highest BCUT2D eigenvalue weighted by Gasteiger charge is 2.26. The lowest BCUT2D eigenvalue weighted by atomic mass is 10.1. The number of hydrogen-bond acceptors (Lipinski definition) is 8. The summed E-state index contributed by atoms with van der Waals surface area (Å²) in [5.41, 5.74) is 1.29. The van der Waals surface area contributed by atoms with Gasteiger partial charge in [0.1, 0.15) is 24.7 Å². The van der Waals surface area contributed by atoms with Crippen molar-refractivity contribution < 1.29 is 37.3 Å². The molecule has 1 aliphatic rings. The van der Waals surface area contributed by atoms with E-state index in [1.807, 2.05) is 6.07 Å². The largest absolute Gasteiger partial charge is 0.491 e. The number of aryl methyl sites for hydroxylation is 1. The summed E-state index contributed by atoms with van der Waals surface area (Å²) in [6.07, 6.45) is 2.58. The van der Waals surface area contributed by atoms with Crippen LogP contribution in [0.1, 0.15) is 30.5 Å². The first-order chi connectivity index (χ1) is 17.4. The molecule has 1 aromatic carbocycles. The Morgan fingerprint density at radius 2 is 2.11 bits per heavy atom. The summed E-state index contributed by atoms with van der Waals surface area (Å²) < 4.78 is 50.3. The molecular formula is C24H33N3O8S. The molecule has 198 valence electrons. The second-order valence-corrected chi connectivity index (χ2v) is 9.84. The van der Waals surface area contributed by atoms with E-state index in [2.05, 4.69) is 9.71 Å². The van der Waals surface area contributed by atoms with Gasteiger partial charge in [0.25, 0.3) is 0 Å². The van der Waals surface area contributed by atoms with Crippen LogP contribution < -0.4 is 14.2 Å². The maximum absolute atomic E-state index is 12.6. The molecule has 0 bridgehead atoms. The van der Waals surface area contributed by atoms with Crippen molar-refractivity contribution in [3.63, 3.8) is 0 Å². The normalized spacial score (nSPS) is 15.5. The molecule has 36 heavy (non-hydrogen) atoms. The molecule has 1 fully saturated rings. The molecule has 1 aliphatic heterocycles. The van der Waals surface area contributed by atoms with E-state index in [4.69, 9.17) is 18.9 Å². The van der Waals surface area contributed by atoms with Crippen molar-refractivity contribution in [1.82, 2.24) is 14.0 Å². The second kappa shape index (κ2) is 14.0. The van der Waals surface area contributed by atoms with E-state index in [1.165, 1.54) is 6.20 Å². The standard InChI is InChI=1S/C24H33N3O8S/c1-32-14-15-34-21-10-9-19(23(16-21)35-18-22-8-5-13-33-22)6-4-12-27(24(28)29)36(30,31)26-17-20-7-2-3-11-25-20/h2-3,7,9-11,16,22,26H,4-6,8,12-15,17-18H2,1H3,(H,28,29). The summed E-state index contributed by atoms with van der Waals surface area (Å²) >= 11 is 0. The average Bonchev–Trinajstić information content (AvgIpc) is 3.39. The highest BCUT2D eigenvalue weighted by atomic mass is 32.2. The van der Waals surface area contributed by atoms with Gasteiger partial charge >= 0.3 is 16.3 Å². The van der Waals surface area contributed by atoms with Gasteiger partial charge in [-0.3, -0.25) is 4.98 Å².